The molecule has 0 aliphatic rings. The maximum absolute atomic E-state index is 13.1. The summed E-state index contributed by atoms with van der Waals surface area (Å²) in [6.45, 7) is 0. The van der Waals surface area contributed by atoms with Crippen molar-refractivity contribution in [3.8, 4) is 22.6 Å². The van der Waals surface area contributed by atoms with Crippen LogP contribution in [0.3, 0.4) is 0 Å². The predicted molar refractivity (Wildman–Crippen MR) is 130 cm³/mol. The SMILES string of the molecule is COc1cc(/C=C/C(=O)c2ccc(-c3ccccc3)cc2)ccc1OC(=O)c1ccc(F)cc1. The molecule has 4 rings (SSSR count). The van der Waals surface area contributed by atoms with Crippen molar-refractivity contribution in [2.75, 3.05) is 7.11 Å². The predicted octanol–water partition coefficient (Wildman–Crippen LogP) is 6.62. The number of hydrogen-bond acceptors (Lipinski definition) is 4. The highest BCUT2D eigenvalue weighted by Crippen LogP contribution is 2.29. The summed E-state index contributed by atoms with van der Waals surface area (Å²) < 4.78 is 23.8. The molecule has 0 saturated carbocycles. The van der Waals surface area contributed by atoms with Crippen LogP contribution in [0, 0.1) is 5.82 Å². The van der Waals surface area contributed by atoms with Crippen LogP contribution in [0.5, 0.6) is 11.5 Å². The standard InChI is InChI=1S/C29H21FO4/c1-33-28-19-20(8-18-27(28)34-29(32)24-13-15-25(30)16-14-24)7-17-26(31)23-11-9-22(10-12-23)21-5-3-2-4-6-21/h2-19H,1H3/b17-7+. The molecular formula is C29H21FO4. The van der Waals surface area contributed by atoms with Crippen molar-refractivity contribution in [1.82, 2.24) is 0 Å². The number of ketones is 1. The maximum atomic E-state index is 13.1. The highest BCUT2D eigenvalue weighted by atomic mass is 19.1. The zero-order valence-corrected chi connectivity index (χ0v) is 18.4. The number of carbonyl (C=O) groups excluding carboxylic acids is 2. The molecule has 0 N–H and O–H groups in total. The first-order valence-electron chi connectivity index (χ1n) is 10.6. The molecule has 0 fully saturated rings. The van der Waals surface area contributed by atoms with Gasteiger partial charge in [-0.2, -0.15) is 0 Å². The number of hydrogen-bond donors (Lipinski definition) is 0. The van der Waals surface area contributed by atoms with Gasteiger partial charge in [-0.15, -0.1) is 0 Å². The first-order chi connectivity index (χ1) is 16.5. The number of carbonyl (C=O) groups is 2. The van der Waals surface area contributed by atoms with Crippen LogP contribution in [0.15, 0.2) is 103 Å². The van der Waals surface area contributed by atoms with E-state index in [2.05, 4.69) is 0 Å². The van der Waals surface area contributed by atoms with Gasteiger partial charge in [0.15, 0.2) is 17.3 Å². The molecule has 0 aliphatic heterocycles. The van der Waals surface area contributed by atoms with E-state index in [1.165, 1.54) is 37.5 Å². The smallest absolute Gasteiger partial charge is 0.343 e. The third-order valence-electron chi connectivity index (χ3n) is 5.17. The van der Waals surface area contributed by atoms with Gasteiger partial charge in [-0.1, -0.05) is 66.7 Å². The zero-order chi connectivity index (χ0) is 23.9. The van der Waals surface area contributed by atoms with Crippen molar-refractivity contribution in [2.45, 2.75) is 0 Å². The number of ether oxygens (including phenoxy) is 2. The molecular weight excluding hydrogens is 431 g/mol. The summed E-state index contributed by atoms with van der Waals surface area (Å²) in [4.78, 5) is 24.9. The van der Waals surface area contributed by atoms with Gasteiger partial charge in [0.05, 0.1) is 12.7 Å². The van der Waals surface area contributed by atoms with Gasteiger partial charge in [0.1, 0.15) is 5.82 Å². The average molecular weight is 452 g/mol. The Morgan fingerprint density at radius 1 is 0.735 bits per heavy atom. The summed E-state index contributed by atoms with van der Waals surface area (Å²) in [5.74, 6) is -0.651. The Bertz CT molecular complexity index is 1330. The Morgan fingerprint density at radius 2 is 1.38 bits per heavy atom. The van der Waals surface area contributed by atoms with Crippen LogP contribution in [-0.4, -0.2) is 18.9 Å². The molecule has 4 nitrogen and oxygen atoms in total. The first kappa shape index (κ1) is 22.7. The molecule has 0 unspecified atom stereocenters. The van der Waals surface area contributed by atoms with E-state index in [-0.39, 0.29) is 17.1 Å². The number of methoxy groups -OCH3 is 1. The second-order valence-electron chi connectivity index (χ2n) is 7.45. The van der Waals surface area contributed by atoms with Crippen LogP contribution >= 0.6 is 0 Å². The number of esters is 1. The monoisotopic (exact) mass is 452 g/mol. The van der Waals surface area contributed by atoms with Gasteiger partial charge in [-0.05, 0) is 59.2 Å². The van der Waals surface area contributed by atoms with Crippen molar-refractivity contribution >= 4 is 17.8 Å². The second kappa shape index (κ2) is 10.4. The average Bonchev–Trinajstić information content (AvgIpc) is 2.88. The van der Waals surface area contributed by atoms with E-state index in [0.717, 1.165) is 11.1 Å². The fourth-order valence-corrected chi connectivity index (χ4v) is 3.34. The third-order valence-corrected chi connectivity index (χ3v) is 5.17. The molecule has 168 valence electrons. The van der Waals surface area contributed by atoms with Crippen LogP contribution < -0.4 is 9.47 Å². The van der Waals surface area contributed by atoms with Crippen LogP contribution in [0.2, 0.25) is 0 Å². The van der Waals surface area contributed by atoms with Gasteiger partial charge in [0.25, 0.3) is 0 Å². The highest BCUT2D eigenvalue weighted by molar-refractivity contribution is 6.07. The van der Waals surface area contributed by atoms with Crippen LogP contribution in [0.4, 0.5) is 4.39 Å². The summed E-state index contributed by atoms with van der Waals surface area (Å²) in [6.07, 6.45) is 3.15. The largest absolute Gasteiger partial charge is 0.493 e. The molecule has 0 spiro atoms. The van der Waals surface area contributed by atoms with E-state index in [0.29, 0.717) is 16.9 Å². The van der Waals surface area contributed by atoms with E-state index in [9.17, 15) is 14.0 Å². The van der Waals surface area contributed by atoms with Gasteiger partial charge >= 0.3 is 5.97 Å². The molecule has 0 saturated heterocycles. The molecule has 4 aromatic carbocycles. The van der Waals surface area contributed by atoms with Crippen molar-refractivity contribution in [1.29, 1.82) is 0 Å². The third kappa shape index (κ3) is 5.45. The lowest BCUT2D eigenvalue weighted by atomic mass is 10.0. The molecule has 4 aromatic rings. The fraction of sp³-hybridized carbons (Fsp3) is 0.0345. The normalized spacial score (nSPS) is 10.8. The summed E-state index contributed by atoms with van der Waals surface area (Å²) in [7, 11) is 1.46. The molecule has 0 aromatic heterocycles. The van der Waals surface area contributed by atoms with Gasteiger partial charge in [0, 0.05) is 5.56 Å². The topological polar surface area (TPSA) is 52.6 Å². The molecule has 0 aliphatic carbocycles. The minimum absolute atomic E-state index is 0.134. The number of rotatable bonds is 7. The Balaban J connectivity index is 1.45. The molecule has 0 radical (unpaired) electrons. The number of halogens is 1. The second-order valence-corrected chi connectivity index (χ2v) is 7.45. The Hall–Kier alpha value is -4.51. The summed E-state index contributed by atoms with van der Waals surface area (Å²) in [6, 6.07) is 27.4. The summed E-state index contributed by atoms with van der Waals surface area (Å²) >= 11 is 0. The van der Waals surface area contributed by atoms with E-state index >= 15 is 0 Å². The van der Waals surface area contributed by atoms with Crippen molar-refractivity contribution in [3.63, 3.8) is 0 Å². The highest BCUT2D eigenvalue weighted by Gasteiger charge is 2.13. The van der Waals surface area contributed by atoms with E-state index in [1.807, 2.05) is 42.5 Å². The molecule has 34 heavy (non-hydrogen) atoms. The molecule has 5 heteroatoms. The van der Waals surface area contributed by atoms with Gasteiger partial charge in [0.2, 0.25) is 0 Å². The summed E-state index contributed by atoms with van der Waals surface area (Å²) in [5.41, 5.74) is 3.62. The number of allylic oxidation sites excluding steroid dienone is 1. The molecule has 0 atom stereocenters. The fourth-order valence-electron chi connectivity index (χ4n) is 3.34. The van der Waals surface area contributed by atoms with E-state index < -0.39 is 11.8 Å². The van der Waals surface area contributed by atoms with Gasteiger partial charge in [-0.3, -0.25) is 4.79 Å². The van der Waals surface area contributed by atoms with Crippen LogP contribution in [-0.2, 0) is 0 Å². The lowest BCUT2D eigenvalue weighted by Crippen LogP contribution is -2.09. The summed E-state index contributed by atoms with van der Waals surface area (Å²) in [5, 5.41) is 0. The Labute approximate surface area is 196 Å². The van der Waals surface area contributed by atoms with Gasteiger partial charge in [-0.25, -0.2) is 9.18 Å². The van der Waals surface area contributed by atoms with Crippen molar-refractivity contribution in [2.24, 2.45) is 0 Å². The van der Waals surface area contributed by atoms with E-state index in [1.54, 1.807) is 36.4 Å². The Kier molecular flexibility index (Phi) is 6.94. The minimum atomic E-state index is -0.629. The van der Waals surface area contributed by atoms with Gasteiger partial charge < -0.3 is 9.47 Å². The minimum Gasteiger partial charge on any atom is -0.493 e. The lowest BCUT2D eigenvalue weighted by Gasteiger charge is -2.10. The zero-order valence-electron chi connectivity index (χ0n) is 18.4. The van der Waals surface area contributed by atoms with Crippen molar-refractivity contribution < 1.29 is 23.5 Å². The van der Waals surface area contributed by atoms with Crippen LogP contribution in [0.25, 0.3) is 17.2 Å². The molecule has 0 amide bonds. The van der Waals surface area contributed by atoms with Crippen molar-refractivity contribution in [3.05, 3.63) is 126 Å². The number of benzene rings is 4. The van der Waals surface area contributed by atoms with E-state index in [4.69, 9.17) is 9.47 Å². The molecule has 0 bridgehead atoms. The quantitative estimate of drug-likeness (QED) is 0.137. The van der Waals surface area contributed by atoms with Crippen LogP contribution in [0.1, 0.15) is 26.3 Å². The molecule has 0 heterocycles. The Morgan fingerprint density at radius 3 is 2.06 bits per heavy atom. The maximum Gasteiger partial charge on any atom is 0.343 e. The lowest BCUT2D eigenvalue weighted by molar-refractivity contribution is 0.0729. The first-order valence-corrected chi connectivity index (χ1v) is 10.6.